The number of aromatic nitrogens is 1. The van der Waals surface area contributed by atoms with Gasteiger partial charge >= 0.3 is 6.03 Å². The van der Waals surface area contributed by atoms with E-state index in [0.29, 0.717) is 24.7 Å². The molecule has 0 atom stereocenters. The summed E-state index contributed by atoms with van der Waals surface area (Å²) in [6.45, 7) is 6.92. The lowest BCUT2D eigenvalue weighted by atomic mass is 10.2. The zero-order valence-electron chi connectivity index (χ0n) is 12.9. The summed E-state index contributed by atoms with van der Waals surface area (Å²) in [5.41, 5.74) is 2.46. The molecule has 0 bridgehead atoms. The number of nitrogens with zero attached hydrogens (tertiary/aromatic N) is 3. The number of carbonyl (C=O) groups is 1. The smallest absolute Gasteiger partial charge is 0.323 e. The number of rotatable bonds is 2. The van der Waals surface area contributed by atoms with Crippen LogP contribution in [0.25, 0.3) is 0 Å². The molecule has 1 aromatic heterocycles. The number of piperazine rings is 1. The lowest BCUT2D eigenvalue weighted by Gasteiger charge is -2.36. The third-order valence-corrected chi connectivity index (χ3v) is 3.80. The Morgan fingerprint density at radius 3 is 2.59 bits per heavy atom. The van der Waals surface area contributed by atoms with Crippen molar-refractivity contribution in [2.24, 2.45) is 0 Å². The largest absolute Gasteiger partial charge is 0.368 e. The lowest BCUT2D eigenvalue weighted by molar-refractivity contribution is 0.208. The molecular formula is C16H20N4O2. The van der Waals surface area contributed by atoms with Gasteiger partial charge in [0.25, 0.3) is 0 Å². The first-order valence-electron chi connectivity index (χ1n) is 7.43. The second-order valence-corrected chi connectivity index (χ2v) is 5.57. The van der Waals surface area contributed by atoms with Crippen LogP contribution in [0.2, 0.25) is 0 Å². The molecule has 1 aromatic carbocycles. The Hall–Kier alpha value is -2.50. The Labute approximate surface area is 129 Å². The lowest BCUT2D eigenvalue weighted by Crippen LogP contribution is -2.50. The summed E-state index contributed by atoms with van der Waals surface area (Å²) in [6, 6.07) is 10.0. The summed E-state index contributed by atoms with van der Waals surface area (Å²) in [6.07, 6.45) is 0. The molecule has 0 spiro atoms. The summed E-state index contributed by atoms with van der Waals surface area (Å²) in [5, 5.41) is 6.54. The minimum Gasteiger partial charge on any atom is -0.368 e. The van der Waals surface area contributed by atoms with Crippen molar-refractivity contribution < 1.29 is 9.32 Å². The first-order chi connectivity index (χ1) is 10.6. The van der Waals surface area contributed by atoms with Crippen LogP contribution >= 0.6 is 0 Å². The van der Waals surface area contributed by atoms with Crippen molar-refractivity contribution in [2.75, 3.05) is 36.4 Å². The van der Waals surface area contributed by atoms with Crippen molar-refractivity contribution in [1.29, 1.82) is 0 Å². The fraction of sp³-hybridized carbons (Fsp3) is 0.375. The maximum atomic E-state index is 12.2. The minimum atomic E-state index is -0.128. The van der Waals surface area contributed by atoms with Crippen LogP contribution in [-0.4, -0.2) is 42.3 Å². The predicted molar refractivity (Wildman–Crippen MR) is 85.2 cm³/mol. The zero-order chi connectivity index (χ0) is 15.5. The van der Waals surface area contributed by atoms with Gasteiger partial charge in [0.1, 0.15) is 5.76 Å². The van der Waals surface area contributed by atoms with Crippen molar-refractivity contribution in [3.8, 4) is 0 Å². The van der Waals surface area contributed by atoms with Crippen LogP contribution in [0.5, 0.6) is 0 Å². The molecule has 22 heavy (non-hydrogen) atoms. The van der Waals surface area contributed by atoms with Gasteiger partial charge in [-0.05, 0) is 31.5 Å². The quantitative estimate of drug-likeness (QED) is 0.926. The Kier molecular flexibility index (Phi) is 4.00. The van der Waals surface area contributed by atoms with Gasteiger partial charge < -0.3 is 14.3 Å². The van der Waals surface area contributed by atoms with Gasteiger partial charge in [0, 0.05) is 37.9 Å². The van der Waals surface area contributed by atoms with Crippen LogP contribution in [0.15, 0.2) is 34.9 Å². The average Bonchev–Trinajstić information content (AvgIpc) is 2.92. The van der Waals surface area contributed by atoms with Crippen LogP contribution in [0.3, 0.4) is 0 Å². The van der Waals surface area contributed by atoms with Gasteiger partial charge in [-0.3, -0.25) is 5.32 Å². The van der Waals surface area contributed by atoms with Gasteiger partial charge in [0.15, 0.2) is 5.82 Å². The van der Waals surface area contributed by atoms with E-state index in [4.69, 9.17) is 4.52 Å². The zero-order valence-corrected chi connectivity index (χ0v) is 12.9. The number of aryl methyl sites for hydroxylation is 2. The van der Waals surface area contributed by atoms with E-state index in [1.54, 1.807) is 17.9 Å². The molecule has 0 unspecified atom stereocenters. The molecule has 2 amide bonds. The van der Waals surface area contributed by atoms with E-state index < -0.39 is 0 Å². The van der Waals surface area contributed by atoms with E-state index >= 15 is 0 Å². The Bertz CT molecular complexity index is 660. The fourth-order valence-corrected chi connectivity index (χ4v) is 2.61. The second-order valence-electron chi connectivity index (χ2n) is 5.57. The van der Waals surface area contributed by atoms with E-state index in [1.807, 2.05) is 0 Å². The standard InChI is InChI=1S/C16H20N4O2/c1-12-4-3-5-14(10-12)19-6-8-20(9-7-19)16(21)17-15-11-13(2)22-18-15/h3-5,10-11H,6-9H2,1-2H3,(H,17,18,21). The Morgan fingerprint density at radius 2 is 1.95 bits per heavy atom. The van der Waals surface area contributed by atoms with Crippen molar-refractivity contribution >= 4 is 17.5 Å². The van der Waals surface area contributed by atoms with Crippen LogP contribution in [0.1, 0.15) is 11.3 Å². The topological polar surface area (TPSA) is 61.6 Å². The molecule has 2 aromatic rings. The summed E-state index contributed by atoms with van der Waals surface area (Å²) < 4.78 is 4.95. The Balaban J connectivity index is 1.56. The fourth-order valence-electron chi connectivity index (χ4n) is 2.61. The number of carbonyl (C=O) groups excluding carboxylic acids is 1. The molecule has 0 saturated carbocycles. The van der Waals surface area contributed by atoms with Crippen LogP contribution in [-0.2, 0) is 0 Å². The predicted octanol–water partition coefficient (Wildman–Crippen LogP) is 2.65. The minimum absolute atomic E-state index is 0.128. The first kappa shape index (κ1) is 14.4. The SMILES string of the molecule is Cc1cccc(N2CCN(C(=O)Nc3cc(C)on3)CC2)c1. The molecule has 6 nitrogen and oxygen atoms in total. The maximum absolute atomic E-state index is 12.2. The summed E-state index contributed by atoms with van der Waals surface area (Å²) in [4.78, 5) is 16.3. The van der Waals surface area contributed by atoms with Crippen molar-refractivity contribution in [3.63, 3.8) is 0 Å². The average molecular weight is 300 g/mol. The van der Waals surface area contributed by atoms with Crippen LogP contribution < -0.4 is 10.2 Å². The highest BCUT2D eigenvalue weighted by Gasteiger charge is 2.22. The highest BCUT2D eigenvalue weighted by atomic mass is 16.5. The molecule has 2 heterocycles. The summed E-state index contributed by atoms with van der Waals surface area (Å²) in [7, 11) is 0. The molecule has 1 saturated heterocycles. The molecule has 1 aliphatic heterocycles. The van der Waals surface area contributed by atoms with E-state index in [0.717, 1.165) is 13.1 Å². The van der Waals surface area contributed by atoms with Crippen molar-refractivity contribution in [1.82, 2.24) is 10.1 Å². The number of urea groups is 1. The van der Waals surface area contributed by atoms with Gasteiger partial charge in [-0.25, -0.2) is 4.79 Å². The molecule has 6 heteroatoms. The van der Waals surface area contributed by atoms with Gasteiger partial charge in [0.2, 0.25) is 0 Å². The Morgan fingerprint density at radius 1 is 1.18 bits per heavy atom. The van der Waals surface area contributed by atoms with Crippen LogP contribution in [0.4, 0.5) is 16.3 Å². The van der Waals surface area contributed by atoms with Gasteiger partial charge in [-0.15, -0.1) is 0 Å². The number of benzene rings is 1. The molecule has 0 radical (unpaired) electrons. The molecular weight excluding hydrogens is 280 g/mol. The van der Waals surface area contributed by atoms with E-state index in [-0.39, 0.29) is 6.03 Å². The van der Waals surface area contributed by atoms with Crippen molar-refractivity contribution in [2.45, 2.75) is 13.8 Å². The number of amides is 2. The third-order valence-electron chi connectivity index (χ3n) is 3.80. The summed E-state index contributed by atoms with van der Waals surface area (Å²) in [5.74, 6) is 1.14. The third kappa shape index (κ3) is 3.21. The molecule has 1 N–H and O–H groups in total. The molecule has 116 valence electrons. The van der Waals surface area contributed by atoms with Crippen LogP contribution in [0, 0.1) is 13.8 Å². The molecule has 1 aliphatic rings. The molecule has 3 rings (SSSR count). The highest BCUT2D eigenvalue weighted by molar-refractivity contribution is 5.88. The first-order valence-corrected chi connectivity index (χ1v) is 7.43. The number of hydrogen-bond acceptors (Lipinski definition) is 4. The van der Waals surface area contributed by atoms with Gasteiger partial charge in [0.05, 0.1) is 0 Å². The highest BCUT2D eigenvalue weighted by Crippen LogP contribution is 2.18. The molecule has 1 fully saturated rings. The monoisotopic (exact) mass is 300 g/mol. The van der Waals surface area contributed by atoms with Gasteiger partial charge in [-0.2, -0.15) is 0 Å². The van der Waals surface area contributed by atoms with E-state index in [9.17, 15) is 4.79 Å². The van der Waals surface area contributed by atoms with Gasteiger partial charge in [-0.1, -0.05) is 17.3 Å². The van der Waals surface area contributed by atoms with E-state index in [1.165, 1.54) is 11.3 Å². The van der Waals surface area contributed by atoms with E-state index in [2.05, 4.69) is 46.6 Å². The van der Waals surface area contributed by atoms with Crippen molar-refractivity contribution in [3.05, 3.63) is 41.7 Å². The number of hydrogen-bond donors (Lipinski definition) is 1. The maximum Gasteiger partial charge on any atom is 0.323 e. The number of nitrogens with one attached hydrogen (secondary N) is 1. The normalized spacial score (nSPS) is 15.0. The molecule has 0 aliphatic carbocycles. The number of anilines is 2. The second kappa shape index (κ2) is 6.09. The summed E-state index contributed by atoms with van der Waals surface area (Å²) >= 11 is 0.